The van der Waals surface area contributed by atoms with Crippen LogP contribution < -0.4 is 0 Å². The average molecular weight is 273 g/mol. The number of aryl methyl sites for hydroxylation is 1. The minimum atomic E-state index is -1.72. The van der Waals surface area contributed by atoms with Gasteiger partial charge in [0.1, 0.15) is 28.0 Å². The lowest BCUT2D eigenvalue weighted by Crippen LogP contribution is -1.97. The van der Waals surface area contributed by atoms with Crippen LogP contribution in [0.2, 0.25) is 0 Å². The molecule has 2 aromatic carbocycles. The topological polar surface area (TPSA) is 81.3 Å². The molecular weight excluding hydrogens is 262 g/mol. The van der Waals surface area contributed by atoms with E-state index in [0.29, 0.717) is 4.90 Å². The van der Waals surface area contributed by atoms with Crippen molar-refractivity contribution in [2.45, 2.75) is 16.7 Å². The number of phenols is 2. The number of hydrogen-bond donors (Lipinski definition) is 2. The second kappa shape index (κ2) is 5.12. The molecule has 0 aliphatic heterocycles. The molecule has 1 atom stereocenters. The summed E-state index contributed by atoms with van der Waals surface area (Å²) in [6, 6.07) is 11.1. The summed E-state index contributed by atoms with van der Waals surface area (Å²) >= 11 is 0. The highest BCUT2D eigenvalue weighted by Crippen LogP contribution is 2.33. The van der Waals surface area contributed by atoms with Gasteiger partial charge in [0.05, 0.1) is 10.8 Å². The fourth-order valence-electron chi connectivity index (χ4n) is 1.64. The molecule has 0 aromatic heterocycles. The summed E-state index contributed by atoms with van der Waals surface area (Å²) in [7, 11) is -1.72. The zero-order chi connectivity index (χ0) is 14.0. The number of rotatable bonds is 2. The highest BCUT2D eigenvalue weighted by molar-refractivity contribution is 7.85. The van der Waals surface area contributed by atoms with Gasteiger partial charge in [-0.05, 0) is 31.2 Å². The third kappa shape index (κ3) is 2.44. The predicted molar refractivity (Wildman–Crippen MR) is 70.3 cm³/mol. The minimum absolute atomic E-state index is 0.0636. The molecule has 4 nitrogen and oxygen atoms in total. The van der Waals surface area contributed by atoms with E-state index in [9.17, 15) is 14.4 Å². The molecular formula is C14H11NO3S. The van der Waals surface area contributed by atoms with Crippen LogP contribution in [0.25, 0.3) is 0 Å². The molecule has 0 fully saturated rings. The molecule has 0 amide bonds. The Kier molecular flexibility index (Phi) is 3.54. The number of phenolic OH excluding ortho intramolecular Hbond substituents is 2. The Labute approximate surface area is 113 Å². The Balaban J connectivity index is 2.59. The minimum Gasteiger partial charge on any atom is -0.507 e. The van der Waals surface area contributed by atoms with E-state index in [-0.39, 0.29) is 22.0 Å². The second-order valence-corrected chi connectivity index (χ2v) is 5.42. The molecule has 0 spiro atoms. The van der Waals surface area contributed by atoms with Crippen molar-refractivity contribution in [3.63, 3.8) is 0 Å². The Bertz CT molecular complexity index is 687. The normalized spacial score (nSPS) is 11.8. The highest BCUT2D eigenvalue weighted by atomic mass is 32.2. The zero-order valence-electron chi connectivity index (χ0n) is 10.1. The summed E-state index contributed by atoms with van der Waals surface area (Å²) in [5, 5.41) is 28.4. The first-order valence-corrected chi connectivity index (χ1v) is 6.63. The van der Waals surface area contributed by atoms with Crippen molar-refractivity contribution in [2.24, 2.45) is 0 Å². The van der Waals surface area contributed by atoms with E-state index in [1.807, 2.05) is 6.92 Å². The SMILES string of the molecule is Cc1ccc(S(=O)c2c(O)ccc(O)c2C#N)cc1. The second-order valence-electron chi connectivity index (χ2n) is 4.00. The number of aromatic hydroxyl groups is 2. The first-order valence-electron chi connectivity index (χ1n) is 5.48. The lowest BCUT2D eigenvalue weighted by molar-refractivity contribution is 0.446. The molecule has 0 heterocycles. The molecule has 0 aliphatic carbocycles. The molecule has 5 heteroatoms. The van der Waals surface area contributed by atoms with E-state index in [4.69, 9.17) is 5.26 Å². The lowest BCUT2D eigenvalue weighted by atomic mass is 10.2. The molecule has 0 saturated heterocycles. The van der Waals surface area contributed by atoms with Crippen molar-refractivity contribution >= 4 is 10.8 Å². The lowest BCUT2D eigenvalue weighted by Gasteiger charge is -2.08. The maximum Gasteiger partial charge on any atom is 0.134 e. The van der Waals surface area contributed by atoms with Crippen molar-refractivity contribution in [1.82, 2.24) is 0 Å². The smallest absolute Gasteiger partial charge is 0.134 e. The fourth-order valence-corrected chi connectivity index (χ4v) is 2.85. The first kappa shape index (κ1) is 13.1. The van der Waals surface area contributed by atoms with Gasteiger partial charge in [-0.1, -0.05) is 17.7 Å². The van der Waals surface area contributed by atoms with Gasteiger partial charge in [-0.15, -0.1) is 0 Å². The van der Waals surface area contributed by atoms with E-state index < -0.39 is 10.8 Å². The summed E-state index contributed by atoms with van der Waals surface area (Å²) in [4.78, 5) is 0.398. The third-order valence-corrected chi connectivity index (χ3v) is 4.13. The van der Waals surface area contributed by atoms with E-state index in [1.165, 1.54) is 12.1 Å². The van der Waals surface area contributed by atoms with E-state index in [2.05, 4.69) is 0 Å². The summed E-state index contributed by atoms with van der Waals surface area (Å²) in [6.07, 6.45) is 0. The molecule has 0 saturated carbocycles. The van der Waals surface area contributed by atoms with Gasteiger partial charge in [0.15, 0.2) is 0 Å². The van der Waals surface area contributed by atoms with Gasteiger partial charge in [-0.2, -0.15) is 5.26 Å². The summed E-state index contributed by atoms with van der Waals surface area (Å²) in [5.74, 6) is -0.566. The number of hydrogen-bond acceptors (Lipinski definition) is 4. The van der Waals surface area contributed by atoms with Crippen LogP contribution in [0.1, 0.15) is 11.1 Å². The Morgan fingerprint density at radius 2 is 1.63 bits per heavy atom. The van der Waals surface area contributed by atoms with Crippen molar-refractivity contribution in [2.75, 3.05) is 0 Å². The first-order chi connectivity index (χ1) is 9.04. The summed E-state index contributed by atoms with van der Waals surface area (Å²) in [5.41, 5.74) is 0.847. The maximum atomic E-state index is 12.4. The molecule has 2 N–H and O–H groups in total. The molecule has 0 bridgehead atoms. The van der Waals surface area contributed by atoms with Crippen LogP contribution >= 0.6 is 0 Å². The van der Waals surface area contributed by atoms with Crippen LogP contribution in [-0.4, -0.2) is 14.4 Å². The number of nitrogens with zero attached hydrogens (tertiary/aromatic N) is 1. The van der Waals surface area contributed by atoms with Crippen LogP contribution in [0.15, 0.2) is 46.2 Å². The van der Waals surface area contributed by atoms with E-state index in [0.717, 1.165) is 5.56 Å². The Morgan fingerprint density at radius 3 is 2.21 bits per heavy atom. The third-order valence-electron chi connectivity index (χ3n) is 2.65. The molecule has 19 heavy (non-hydrogen) atoms. The Morgan fingerprint density at radius 1 is 1.05 bits per heavy atom. The van der Waals surface area contributed by atoms with Gasteiger partial charge < -0.3 is 10.2 Å². The van der Waals surface area contributed by atoms with Crippen molar-refractivity contribution in [3.8, 4) is 17.6 Å². The standard InChI is InChI=1S/C14H11NO3S/c1-9-2-4-10(5-3-9)19(18)14-11(8-15)12(16)6-7-13(14)17/h2-7,16-17H,1H3. The zero-order valence-corrected chi connectivity index (χ0v) is 10.9. The van der Waals surface area contributed by atoms with Crippen molar-refractivity contribution in [1.29, 1.82) is 5.26 Å². The number of benzene rings is 2. The average Bonchev–Trinajstić information content (AvgIpc) is 2.41. The summed E-state index contributed by atoms with van der Waals surface area (Å²) in [6.45, 7) is 1.90. The van der Waals surface area contributed by atoms with Gasteiger partial charge >= 0.3 is 0 Å². The van der Waals surface area contributed by atoms with Gasteiger partial charge in [0.25, 0.3) is 0 Å². The van der Waals surface area contributed by atoms with Crippen LogP contribution in [0, 0.1) is 18.3 Å². The van der Waals surface area contributed by atoms with Gasteiger partial charge in [0, 0.05) is 4.90 Å². The monoisotopic (exact) mass is 273 g/mol. The maximum absolute atomic E-state index is 12.4. The van der Waals surface area contributed by atoms with Crippen LogP contribution in [0.5, 0.6) is 11.5 Å². The predicted octanol–water partition coefficient (Wildman–Crippen LogP) is 2.44. The quantitative estimate of drug-likeness (QED) is 0.823. The molecule has 0 radical (unpaired) electrons. The van der Waals surface area contributed by atoms with Crippen LogP contribution in [0.3, 0.4) is 0 Å². The van der Waals surface area contributed by atoms with Crippen LogP contribution in [-0.2, 0) is 10.8 Å². The fraction of sp³-hybridized carbons (Fsp3) is 0.0714. The van der Waals surface area contributed by atoms with Crippen LogP contribution in [0.4, 0.5) is 0 Å². The van der Waals surface area contributed by atoms with Gasteiger partial charge in [0.2, 0.25) is 0 Å². The molecule has 1 unspecified atom stereocenters. The van der Waals surface area contributed by atoms with E-state index >= 15 is 0 Å². The highest BCUT2D eigenvalue weighted by Gasteiger charge is 2.19. The summed E-state index contributed by atoms with van der Waals surface area (Å²) < 4.78 is 12.4. The number of nitriles is 1. The molecule has 0 aliphatic rings. The molecule has 2 rings (SSSR count). The largest absolute Gasteiger partial charge is 0.507 e. The van der Waals surface area contributed by atoms with Gasteiger partial charge in [-0.25, -0.2) is 4.21 Å². The van der Waals surface area contributed by atoms with E-state index in [1.54, 1.807) is 30.3 Å². The van der Waals surface area contributed by atoms with Crippen molar-refractivity contribution in [3.05, 3.63) is 47.5 Å². The molecule has 96 valence electrons. The van der Waals surface area contributed by atoms with Crippen molar-refractivity contribution < 1.29 is 14.4 Å². The molecule has 2 aromatic rings. The van der Waals surface area contributed by atoms with Gasteiger partial charge in [-0.3, -0.25) is 0 Å². The Hall–Kier alpha value is -2.32.